The summed E-state index contributed by atoms with van der Waals surface area (Å²) in [5.74, 6) is -0.179. The van der Waals surface area contributed by atoms with E-state index in [0.29, 0.717) is 28.5 Å². The fraction of sp³-hybridized carbons (Fsp3) is 0.571. The number of hydrogen-bond acceptors (Lipinski definition) is 5. The number of rotatable bonds is 5. The van der Waals surface area contributed by atoms with Gasteiger partial charge in [0.2, 0.25) is 0 Å². The van der Waals surface area contributed by atoms with Crippen molar-refractivity contribution in [2.75, 3.05) is 19.6 Å². The van der Waals surface area contributed by atoms with E-state index in [1.807, 2.05) is 0 Å². The number of piperidine rings is 2. The number of fused-ring (bicyclic) bond motifs is 1. The third-order valence-corrected chi connectivity index (χ3v) is 6.83. The number of primary amides is 1. The third-order valence-electron chi connectivity index (χ3n) is 6.54. The Morgan fingerprint density at radius 1 is 1.27 bits per heavy atom. The SMILES string of the molecule is NC(=O)n1c(=O)[nH]c2c(Cl)cc(CC(C=O)C3CCCCN3C3CCNCC3)cc21. The van der Waals surface area contributed by atoms with E-state index in [1.54, 1.807) is 12.1 Å². The van der Waals surface area contributed by atoms with Crippen LogP contribution in [0.5, 0.6) is 0 Å². The summed E-state index contributed by atoms with van der Waals surface area (Å²) in [6.45, 7) is 3.06. The second-order valence-corrected chi connectivity index (χ2v) is 8.77. The highest BCUT2D eigenvalue weighted by Gasteiger charge is 2.34. The van der Waals surface area contributed by atoms with Gasteiger partial charge in [0, 0.05) is 18.0 Å². The molecule has 4 rings (SSSR count). The average Bonchev–Trinajstić information content (AvgIpc) is 3.09. The molecule has 2 unspecified atom stereocenters. The number of nitrogens with two attached hydrogens (primary N) is 1. The van der Waals surface area contributed by atoms with Gasteiger partial charge in [-0.05, 0) is 69.4 Å². The van der Waals surface area contributed by atoms with Crippen molar-refractivity contribution in [3.05, 3.63) is 33.2 Å². The van der Waals surface area contributed by atoms with Gasteiger partial charge in [-0.1, -0.05) is 18.0 Å². The zero-order valence-electron chi connectivity index (χ0n) is 16.9. The summed E-state index contributed by atoms with van der Waals surface area (Å²) < 4.78 is 0.878. The Labute approximate surface area is 179 Å². The number of benzene rings is 1. The largest absolute Gasteiger partial charge is 0.351 e. The summed E-state index contributed by atoms with van der Waals surface area (Å²) in [6.07, 6.45) is 7.05. The Morgan fingerprint density at radius 2 is 2.03 bits per heavy atom. The second kappa shape index (κ2) is 8.91. The van der Waals surface area contributed by atoms with Gasteiger partial charge in [0.15, 0.2) is 0 Å². The number of aldehydes is 1. The van der Waals surface area contributed by atoms with Gasteiger partial charge in [0.1, 0.15) is 6.29 Å². The summed E-state index contributed by atoms with van der Waals surface area (Å²) >= 11 is 6.37. The van der Waals surface area contributed by atoms with Crippen LogP contribution in [0.4, 0.5) is 4.79 Å². The number of nitrogens with one attached hydrogen (secondary N) is 2. The van der Waals surface area contributed by atoms with Crippen molar-refractivity contribution >= 4 is 35.0 Å². The molecular weight excluding hydrogens is 406 g/mol. The summed E-state index contributed by atoms with van der Waals surface area (Å²) in [7, 11) is 0. The maximum Gasteiger partial charge on any atom is 0.334 e. The number of amides is 1. The molecule has 0 spiro atoms. The normalized spacial score (nSPS) is 22.2. The minimum absolute atomic E-state index is 0.179. The quantitative estimate of drug-likeness (QED) is 0.623. The number of H-pyrrole nitrogens is 1. The van der Waals surface area contributed by atoms with Crippen molar-refractivity contribution in [2.45, 2.75) is 50.6 Å². The van der Waals surface area contributed by atoms with Crippen LogP contribution in [0.2, 0.25) is 5.02 Å². The number of likely N-dealkylation sites (tertiary alicyclic amines) is 1. The summed E-state index contributed by atoms with van der Waals surface area (Å²) in [4.78, 5) is 41.1. The van der Waals surface area contributed by atoms with Crippen LogP contribution >= 0.6 is 11.6 Å². The van der Waals surface area contributed by atoms with E-state index in [9.17, 15) is 14.4 Å². The van der Waals surface area contributed by atoms with E-state index in [4.69, 9.17) is 17.3 Å². The first-order valence-corrected chi connectivity index (χ1v) is 11.0. The van der Waals surface area contributed by atoms with E-state index in [-0.39, 0.29) is 12.0 Å². The Morgan fingerprint density at radius 3 is 2.73 bits per heavy atom. The molecule has 8 nitrogen and oxygen atoms in total. The number of carbonyl (C=O) groups excluding carboxylic acids is 2. The van der Waals surface area contributed by atoms with Crippen LogP contribution in [-0.2, 0) is 11.2 Å². The monoisotopic (exact) mass is 433 g/mol. The number of carbonyl (C=O) groups is 2. The van der Waals surface area contributed by atoms with Crippen LogP contribution in [0.1, 0.15) is 37.7 Å². The topological polar surface area (TPSA) is 113 Å². The van der Waals surface area contributed by atoms with Gasteiger partial charge in [-0.2, -0.15) is 0 Å². The Hall–Kier alpha value is -2.16. The van der Waals surface area contributed by atoms with Gasteiger partial charge in [0.05, 0.1) is 16.1 Å². The molecule has 2 atom stereocenters. The first-order valence-electron chi connectivity index (χ1n) is 10.6. The number of aromatic nitrogens is 2. The maximum absolute atomic E-state index is 12.2. The smallest absolute Gasteiger partial charge is 0.334 e. The van der Waals surface area contributed by atoms with Crippen LogP contribution < -0.4 is 16.7 Å². The van der Waals surface area contributed by atoms with Crippen LogP contribution in [0, 0.1) is 5.92 Å². The van der Waals surface area contributed by atoms with E-state index < -0.39 is 11.7 Å². The molecule has 2 aromatic rings. The van der Waals surface area contributed by atoms with Gasteiger partial charge < -0.3 is 20.8 Å². The highest BCUT2D eigenvalue weighted by atomic mass is 35.5. The molecule has 1 amide bonds. The molecule has 2 saturated heterocycles. The molecule has 30 heavy (non-hydrogen) atoms. The van der Waals surface area contributed by atoms with Crippen LogP contribution in [0.3, 0.4) is 0 Å². The van der Waals surface area contributed by atoms with Crippen LogP contribution in [0.25, 0.3) is 11.0 Å². The lowest BCUT2D eigenvalue weighted by molar-refractivity contribution is -0.114. The van der Waals surface area contributed by atoms with Crippen molar-refractivity contribution in [1.82, 2.24) is 19.8 Å². The lowest BCUT2D eigenvalue weighted by Crippen LogP contribution is -2.53. The van der Waals surface area contributed by atoms with Gasteiger partial charge in [-0.25, -0.2) is 14.2 Å². The molecule has 9 heteroatoms. The number of hydrogen-bond donors (Lipinski definition) is 3. The predicted molar refractivity (Wildman–Crippen MR) is 116 cm³/mol. The highest BCUT2D eigenvalue weighted by Crippen LogP contribution is 2.31. The zero-order valence-corrected chi connectivity index (χ0v) is 17.7. The molecule has 1 aromatic carbocycles. The summed E-state index contributed by atoms with van der Waals surface area (Å²) in [5.41, 5.74) is 6.28. The Kier molecular flexibility index (Phi) is 6.26. The number of nitrogens with zero attached hydrogens (tertiary/aromatic N) is 2. The minimum Gasteiger partial charge on any atom is -0.351 e. The third kappa shape index (κ3) is 4.04. The van der Waals surface area contributed by atoms with Crippen molar-refractivity contribution in [3.8, 4) is 0 Å². The molecule has 0 aliphatic carbocycles. The molecule has 2 aliphatic rings. The fourth-order valence-corrected chi connectivity index (χ4v) is 5.42. The van der Waals surface area contributed by atoms with Crippen molar-refractivity contribution in [2.24, 2.45) is 11.7 Å². The van der Waals surface area contributed by atoms with E-state index in [2.05, 4.69) is 15.2 Å². The Bertz CT molecular complexity index is 994. The van der Waals surface area contributed by atoms with Crippen molar-refractivity contribution < 1.29 is 9.59 Å². The van der Waals surface area contributed by atoms with Gasteiger partial charge >= 0.3 is 11.7 Å². The lowest BCUT2D eigenvalue weighted by Gasteiger charge is -2.45. The van der Waals surface area contributed by atoms with Gasteiger partial charge in [-0.15, -0.1) is 0 Å². The molecule has 0 saturated carbocycles. The van der Waals surface area contributed by atoms with Crippen LogP contribution in [0.15, 0.2) is 16.9 Å². The number of imidazole rings is 1. The lowest BCUT2D eigenvalue weighted by atomic mass is 9.84. The van der Waals surface area contributed by atoms with Crippen molar-refractivity contribution in [3.63, 3.8) is 0 Å². The van der Waals surface area contributed by atoms with E-state index >= 15 is 0 Å². The molecule has 1 aromatic heterocycles. The maximum atomic E-state index is 12.2. The second-order valence-electron chi connectivity index (χ2n) is 8.36. The predicted octanol–water partition coefficient (Wildman–Crippen LogP) is 1.87. The van der Waals surface area contributed by atoms with Crippen LogP contribution in [-0.4, -0.2) is 58.5 Å². The molecule has 3 heterocycles. The molecular formula is C21H28ClN5O3. The molecule has 2 fully saturated rings. The molecule has 0 bridgehead atoms. The van der Waals surface area contributed by atoms with E-state index in [0.717, 1.165) is 68.2 Å². The summed E-state index contributed by atoms with van der Waals surface area (Å²) in [5, 5.41) is 3.75. The zero-order chi connectivity index (χ0) is 21.3. The first-order chi connectivity index (χ1) is 14.5. The number of halogens is 1. The van der Waals surface area contributed by atoms with Gasteiger partial charge in [0.25, 0.3) is 0 Å². The fourth-order valence-electron chi connectivity index (χ4n) is 5.13. The van der Waals surface area contributed by atoms with Crippen molar-refractivity contribution in [1.29, 1.82) is 0 Å². The molecule has 4 N–H and O–H groups in total. The Balaban J connectivity index is 1.63. The first kappa shape index (κ1) is 21.1. The van der Waals surface area contributed by atoms with Gasteiger partial charge in [-0.3, -0.25) is 4.90 Å². The highest BCUT2D eigenvalue weighted by molar-refractivity contribution is 6.35. The standard InChI is InChI=1S/C21H28ClN5O3/c22-16-10-13(11-18-19(16)25-21(30)27(18)20(23)29)9-14(12-28)17-3-1-2-8-26(17)15-4-6-24-7-5-15/h10-12,14-15,17,24H,1-9H2,(H2,23,29)(H,25,30). The number of aromatic amines is 1. The average molecular weight is 434 g/mol. The van der Waals surface area contributed by atoms with E-state index in [1.165, 1.54) is 0 Å². The molecule has 162 valence electrons. The molecule has 0 radical (unpaired) electrons. The molecule has 2 aliphatic heterocycles. The summed E-state index contributed by atoms with van der Waals surface area (Å²) in [6, 6.07) is 3.33. The minimum atomic E-state index is -0.865.